The molecule has 0 heterocycles. The topological polar surface area (TPSA) is 105 Å². The van der Waals surface area contributed by atoms with E-state index < -0.39 is 30.8 Å². The fourth-order valence-corrected chi connectivity index (χ4v) is 0.409. The van der Waals surface area contributed by atoms with E-state index in [1.165, 1.54) is 13.8 Å². The maximum Gasteiger partial charge on any atom is 0.325 e. The highest BCUT2D eigenvalue weighted by atomic mass is 16.7. The molecule has 13 heavy (non-hydrogen) atoms. The first-order valence-electron chi connectivity index (χ1n) is 3.79. The van der Waals surface area contributed by atoms with Crippen molar-refractivity contribution in [3.8, 4) is 0 Å². The second kappa shape index (κ2) is 5.50. The minimum atomic E-state index is -0.728. The summed E-state index contributed by atoms with van der Waals surface area (Å²) in [6, 6.07) is -1.46. The van der Waals surface area contributed by atoms with Crippen molar-refractivity contribution in [3.63, 3.8) is 0 Å². The van der Waals surface area contributed by atoms with Gasteiger partial charge in [-0.15, -0.1) is 0 Å². The Morgan fingerprint density at radius 1 is 1.08 bits per heavy atom. The van der Waals surface area contributed by atoms with Crippen LogP contribution in [-0.2, 0) is 19.1 Å². The molecular weight excluding hydrogens is 176 g/mol. The molecule has 0 aromatic heterocycles. The zero-order valence-electron chi connectivity index (χ0n) is 7.65. The van der Waals surface area contributed by atoms with Crippen LogP contribution >= 0.6 is 0 Å². The lowest BCUT2D eigenvalue weighted by Gasteiger charge is -2.08. The highest BCUT2D eigenvalue weighted by Crippen LogP contribution is 1.88. The Balaban J connectivity index is 3.57. The molecule has 0 aliphatic heterocycles. The Labute approximate surface area is 76.2 Å². The van der Waals surface area contributed by atoms with Crippen LogP contribution in [-0.4, -0.2) is 30.8 Å². The molecule has 0 bridgehead atoms. The Morgan fingerprint density at radius 2 is 1.38 bits per heavy atom. The molecule has 0 aromatic rings. The van der Waals surface area contributed by atoms with E-state index in [-0.39, 0.29) is 0 Å². The van der Waals surface area contributed by atoms with E-state index in [1.807, 2.05) is 0 Å². The molecule has 0 aliphatic rings. The molecular formula is C7H14N2O4. The third-order valence-electron chi connectivity index (χ3n) is 1.15. The smallest absolute Gasteiger partial charge is 0.325 e. The van der Waals surface area contributed by atoms with Gasteiger partial charge in [0.15, 0.2) is 0 Å². The van der Waals surface area contributed by atoms with Crippen molar-refractivity contribution in [2.24, 2.45) is 11.5 Å². The van der Waals surface area contributed by atoms with Gasteiger partial charge in [-0.05, 0) is 13.8 Å². The van der Waals surface area contributed by atoms with Crippen LogP contribution < -0.4 is 11.5 Å². The molecule has 0 radical (unpaired) electrons. The van der Waals surface area contributed by atoms with Crippen molar-refractivity contribution in [3.05, 3.63) is 0 Å². The standard InChI is InChI=1S/C7H14N2O4/c1-4(8)6(10)12-3-13-7(11)5(2)9/h4-5H,3,8-9H2,1-2H3. The van der Waals surface area contributed by atoms with Crippen LogP contribution in [0.2, 0.25) is 0 Å². The molecule has 0 amide bonds. The lowest BCUT2D eigenvalue weighted by Crippen LogP contribution is -2.32. The molecule has 0 aliphatic carbocycles. The second-order valence-corrected chi connectivity index (χ2v) is 2.62. The summed E-state index contributed by atoms with van der Waals surface area (Å²) in [5.41, 5.74) is 10.3. The molecule has 4 N–H and O–H groups in total. The summed E-state index contributed by atoms with van der Waals surface area (Å²) < 4.78 is 8.92. The van der Waals surface area contributed by atoms with Gasteiger partial charge in [-0.1, -0.05) is 0 Å². The third-order valence-corrected chi connectivity index (χ3v) is 1.15. The summed E-state index contributed by atoms with van der Waals surface area (Å²) in [5, 5.41) is 0. The number of carbonyl (C=O) groups is 2. The highest BCUT2D eigenvalue weighted by Gasteiger charge is 2.11. The largest absolute Gasteiger partial charge is 0.427 e. The summed E-state index contributed by atoms with van der Waals surface area (Å²) in [6.07, 6.45) is 0. The van der Waals surface area contributed by atoms with Crippen molar-refractivity contribution in [2.45, 2.75) is 25.9 Å². The number of nitrogens with two attached hydrogens (primary N) is 2. The van der Waals surface area contributed by atoms with Crippen molar-refractivity contribution in [1.82, 2.24) is 0 Å². The van der Waals surface area contributed by atoms with Gasteiger partial charge in [0, 0.05) is 0 Å². The molecule has 0 saturated carbocycles. The Hall–Kier alpha value is -1.14. The van der Waals surface area contributed by atoms with Crippen molar-refractivity contribution in [2.75, 3.05) is 6.79 Å². The molecule has 0 fully saturated rings. The van der Waals surface area contributed by atoms with Crippen LogP contribution in [0.15, 0.2) is 0 Å². The summed E-state index contributed by atoms with van der Waals surface area (Å²) >= 11 is 0. The number of esters is 2. The number of rotatable bonds is 4. The average molecular weight is 190 g/mol. The van der Waals surface area contributed by atoms with Crippen molar-refractivity contribution in [1.29, 1.82) is 0 Å². The van der Waals surface area contributed by atoms with Crippen LogP contribution in [0.25, 0.3) is 0 Å². The molecule has 76 valence electrons. The molecule has 0 saturated heterocycles. The molecule has 0 rings (SSSR count). The predicted molar refractivity (Wildman–Crippen MR) is 44.3 cm³/mol. The lowest BCUT2D eigenvalue weighted by atomic mass is 10.4. The highest BCUT2D eigenvalue weighted by molar-refractivity contribution is 5.76. The maximum absolute atomic E-state index is 10.7. The monoisotopic (exact) mass is 190 g/mol. The Bertz CT molecular complexity index is 171. The number of ether oxygens (including phenoxy) is 2. The molecule has 2 atom stereocenters. The van der Waals surface area contributed by atoms with Crippen molar-refractivity contribution >= 4 is 11.9 Å². The van der Waals surface area contributed by atoms with Crippen LogP contribution in [0.5, 0.6) is 0 Å². The summed E-state index contributed by atoms with van der Waals surface area (Å²) in [6.45, 7) is 2.49. The summed E-state index contributed by atoms with van der Waals surface area (Å²) in [4.78, 5) is 21.4. The van der Waals surface area contributed by atoms with E-state index in [0.29, 0.717) is 0 Å². The van der Waals surface area contributed by atoms with Gasteiger partial charge in [0.2, 0.25) is 6.79 Å². The molecule has 0 spiro atoms. The zero-order chi connectivity index (χ0) is 10.4. The molecule has 0 aromatic carbocycles. The van der Waals surface area contributed by atoms with E-state index in [9.17, 15) is 9.59 Å². The van der Waals surface area contributed by atoms with E-state index in [2.05, 4.69) is 9.47 Å². The Morgan fingerprint density at radius 3 is 1.62 bits per heavy atom. The predicted octanol–water partition coefficient (Wildman–Crippen LogP) is -1.28. The summed E-state index contributed by atoms with van der Waals surface area (Å²) in [7, 11) is 0. The fourth-order valence-electron chi connectivity index (χ4n) is 0.409. The van der Waals surface area contributed by atoms with Gasteiger partial charge < -0.3 is 20.9 Å². The van der Waals surface area contributed by atoms with E-state index in [0.717, 1.165) is 0 Å². The van der Waals surface area contributed by atoms with Gasteiger partial charge >= 0.3 is 11.9 Å². The number of hydrogen-bond acceptors (Lipinski definition) is 6. The quantitative estimate of drug-likeness (QED) is 0.423. The number of hydrogen-bond donors (Lipinski definition) is 2. The van der Waals surface area contributed by atoms with Crippen LogP contribution in [0.4, 0.5) is 0 Å². The lowest BCUT2D eigenvalue weighted by molar-refractivity contribution is -0.168. The van der Waals surface area contributed by atoms with Gasteiger partial charge in [-0.2, -0.15) is 0 Å². The maximum atomic E-state index is 10.7. The minimum Gasteiger partial charge on any atom is -0.427 e. The first kappa shape index (κ1) is 11.9. The minimum absolute atomic E-state index is 0.444. The normalized spacial score (nSPS) is 14.5. The van der Waals surface area contributed by atoms with Crippen molar-refractivity contribution < 1.29 is 19.1 Å². The van der Waals surface area contributed by atoms with Crippen LogP contribution in [0.1, 0.15) is 13.8 Å². The van der Waals surface area contributed by atoms with Gasteiger partial charge in [-0.3, -0.25) is 9.59 Å². The van der Waals surface area contributed by atoms with Crippen LogP contribution in [0, 0.1) is 0 Å². The molecule has 6 nitrogen and oxygen atoms in total. The third kappa shape index (κ3) is 5.15. The SMILES string of the molecule is CC(N)C(=O)OCOC(=O)C(C)N. The van der Waals surface area contributed by atoms with Gasteiger partial charge in [0.05, 0.1) is 0 Å². The zero-order valence-corrected chi connectivity index (χ0v) is 7.65. The first-order valence-corrected chi connectivity index (χ1v) is 3.79. The van der Waals surface area contributed by atoms with Gasteiger partial charge in [0.1, 0.15) is 12.1 Å². The number of carbonyl (C=O) groups excluding carboxylic acids is 2. The average Bonchev–Trinajstić information content (AvgIpc) is 2.03. The van der Waals surface area contributed by atoms with Gasteiger partial charge in [0.25, 0.3) is 0 Å². The van der Waals surface area contributed by atoms with Crippen LogP contribution in [0.3, 0.4) is 0 Å². The van der Waals surface area contributed by atoms with E-state index in [1.54, 1.807) is 0 Å². The molecule has 6 heteroatoms. The first-order chi connectivity index (χ1) is 5.95. The van der Waals surface area contributed by atoms with Gasteiger partial charge in [-0.25, -0.2) is 0 Å². The second-order valence-electron chi connectivity index (χ2n) is 2.62. The fraction of sp³-hybridized carbons (Fsp3) is 0.714. The Kier molecular flexibility index (Phi) is 5.01. The molecule has 2 unspecified atom stereocenters. The van der Waals surface area contributed by atoms with E-state index >= 15 is 0 Å². The van der Waals surface area contributed by atoms with E-state index in [4.69, 9.17) is 11.5 Å². The summed E-state index contributed by atoms with van der Waals surface area (Å²) in [5.74, 6) is -1.25.